The van der Waals surface area contributed by atoms with E-state index in [1.807, 2.05) is 6.07 Å². The molecule has 0 atom stereocenters. The number of hydrogen-bond donors (Lipinski definition) is 1. The number of nitrogens with zero attached hydrogens (tertiary/aromatic N) is 2. The van der Waals surface area contributed by atoms with Crippen LogP contribution in [0.1, 0.15) is 48.0 Å². The van der Waals surface area contributed by atoms with Gasteiger partial charge in [-0.15, -0.1) is 0 Å². The minimum absolute atomic E-state index is 0.0685. The molecule has 1 N–H and O–H groups in total. The zero-order valence-electron chi connectivity index (χ0n) is 17.2. The maximum Gasteiger partial charge on any atom is 0.267 e. The van der Waals surface area contributed by atoms with Crippen molar-refractivity contribution in [1.82, 2.24) is 15.2 Å². The molecule has 0 saturated carbocycles. The Morgan fingerprint density at radius 2 is 1.77 bits per heavy atom. The number of hydrogen-bond acceptors (Lipinski definition) is 5. The number of carbonyl (C=O) groups excluding carboxylic acids is 4. The lowest BCUT2D eigenvalue weighted by atomic mass is 9.90. The normalized spacial score (nSPS) is 14.8. The molecule has 1 aliphatic rings. The number of likely N-dealkylation sites (tertiary alicyclic amines) is 1. The Morgan fingerprint density at radius 3 is 2.45 bits per heavy atom. The Kier molecular flexibility index (Phi) is 7.81. The third-order valence-corrected chi connectivity index (χ3v) is 5.10. The first-order chi connectivity index (χ1) is 15.0. The largest absolute Gasteiger partial charge is 0.353 e. The van der Waals surface area contributed by atoms with Crippen LogP contribution < -0.4 is 5.32 Å². The van der Waals surface area contributed by atoms with E-state index < -0.39 is 17.7 Å². The van der Waals surface area contributed by atoms with Crippen LogP contribution >= 0.6 is 0 Å². The molecule has 4 amide bonds. The van der Waals surface area contributed by atoms with E-state index in [4.69, 9.17) is 0 Å². The van der Waals surface area contributed by atoms with Gasteiger partial charge in [0, 0.05) is 43.4 Å². The first-order valence-electron chi connectivity index (χ1n) is 10.4. The summed E-state index contributed by atoms with van der Waals surface area (Å²) < 4.78 is 0. The van der Waals surface area contributed by atoms with Crippen LogP contribution in [0, 0.1) is 5.92 Å². The fourth-order valence-electron chi connectivity index (χ4n) is 3.50. The van der Waals surface area contributed by atoms with Gasteiger partial charge < -0.3 is 5.32 Å². The van der Waals surface area contributed by atoms with Gasteiger partial charge in [-0.05, 0) is 48.6 Å². The van der Waals surface area contributed by atoms with Crippen molar-refractivity contribution in [1.29, 1.82) is 0 Å². The van der Waals surface area contributed by atoms with E-state index in [1.165, 1.54) is 6.08 Å². The van der Waals surface area contributed by atoms with Gasteiger partial charge in [0.05, 0.1) is 0 Å². The molecular formula is C24H25N3O4. The molecule has 1 aromatic heterocycles. The highest BCUT2D eigenvalue weighted by Crippen LogP contribution is 2.25. The molecular weight excluding hydrogens is 394 g/mol. The van der Waals surface area contributed by atoms with Gasteiger partial charge in [-0.1, -0.05) is 30.7 Å². The first kappa shape index (κ1) is 22.1. The number of carbonyl (C=O) groups is 4. The molecule has 1 aliphatic heterocycles. The number of amides is 4. The third-order valence-electron chi connectivity index (χ3n) is 5.10. The summed E-state index contributed by atoms with van der Waals surface area (Å²) in [6.07, 6.45) is 9.11. The fourth-order valence-corrected chi connectivity index (χ4v) is 3.50. The van der Waals surface area contributed by atoms with Crippen LogP contribution in [0.25, 0.3) is 6.08 Å². The minimum atomic E-state index is -0.559. The van der Waals surface area contributed by atoms with Gasteiger partial charge in [-0.3, -0.25) is 24.2 Å². The molecule has 2 aromatic rings. The molecule has 0 spiro atoms. The Bertz CT molecular complexity index is 939. The number of aromatic nitrogens is 1. The number of rotatable bonds is 8. The van der Waals surface area contributed by atoms with Crippen molar-refractivity contribution in [2.75, 3.05) is 6.54 Å². The van der Waals surface area contributed by atoms with Gasteiger partial charge in [0.15, 0.2) is 0 Å². The Labute approximate surface area is 181 Å². The standard InChI is InChI=1S/C24H25N3O4/c28-21(12-11-18-8-6-13-25-17-18)26-14-5-4-7-19-15-22(29)27(23(30)16-19)24(31)20-9-2-1-3-10-20/h1-3,6,8-13,17,19H,4-5,7,14-16H2,(H,26,28)/b12-11+. The molecule has 160 valence electrons. The Morgan fingerprint density at radius 1 is 1.03 bits per heavy atom. The topological polar surface area (TPSA) is 96.4 Å². The van der Waals surface area contributed by atoms with Crippen molar-refractivity contribution in [3.8, 4) is 0 Å². The molecule has 1 saturated heterocycles. The van der Waals surface area contributed by atoms with Crippen molar-refractivity contribution in [2.45, 2.75) is 32.1 Å². The van der Waals surface area contributed by atoms with E-state index in [-0.39, 0.29) is 24.7 Å². The molecule has 7 heteroatoms. The lowest BCUT2D eigenvalue weighted by molar-refractivity contribution is -0.146. The SMILES string of the molecule is O=C(/C=C/c1cccnc1)NCCCCC1CC(=O)N(C(=O)c2ccccc2)C(=O)C1. The predicted molar refractivity (Wildman–Crippen MR) is 115 cm³/mol. The van der Waals surface area contributed by atoms with Gasteiger partial charge in [-0.25, -0.2) is 4.90 Å². The fraction of sp³-hybridized carbons (Fsp3) is 0.292. The van der Waals surface area contributed by atoms with Crippen LogP contribution in [-0.4, -0.2) is 40.1 Å². The summed E-state index contributed by atoms with van der Waals surface area (Å²) in [4.78, 5) is 53.9. The second-order valence-electron chi connectivity index (χ2n) is 7.47. The second kappa shape index (κ2) is 11.0. The lowest BCUT2D eigenvalue weighted by Crippen LogP contribution is -2.46. The van der Waals surface area contributed by atoms with E-state index in [1.54, 1.807) is 54.9 Å². The van der Waals surface area contributed by atoms with Crippen LogP contribution in [0.3, 0.4) is 0 Å². The smallest absolute Gasteiger partial charge is 0.267 e. The van der Waals surface area contributed by atoms with Crippen LogP contribution in [0.4, 0.5) is 0 Å². The predicted octanol–water partition coefficient (Wildman–Crippen LogP) is 2.99. The van der Waals surface area contributed by atoms with Crippen LogP contribution in [0.2, 0.25) is 0 Å². The molecule has 0 aliphatic carbocycles. The molecule has 0 unspecified atom stereocenters. The number of nitrogens with one attached hydrogen (secondary N) is 1. The maximum absolute atomic E-state index is 12.5. The number of pyridine rings is 1. The van der Waals surface area contributed by atoms with Gasteiger partial charge >= 0.3 is 0 Å². The summed E-state index contributed by atoms with van der Waals surface area (Å²) >= 11 is 0. The molecule has 0 bridgehead atoms. The molecule has 1 aromatic carbocycles. The number of unbranched alkanes of at least 4 members (excludes halogenated alkanes) is 1. The quantitative estimate of drug-likeness (QED) is 0.403. The zero-order chi connectivity index (χ0) is 22.1. The highest BCUT2D eigenvalue weighted by atomic mass is 16.2. The van der Waals surface area contributed by atoms with E-state index in [0.29, 0.717) is 18.5 Å². The van der Waals surface area contributed by atoms with E-state index >= 15 is 0 Å². The number of imide groups is 3. The minimum Gasteiger partial charge on any atom is -0.353 e. The Hall–Kier alpha value is -3.61. The molecule has 7 nitrogen and oxygen atoms in total. The lowest BCUT2D eigenvalue weighted by Gasteiger charge is -2.28. The summed E-state index contributed by atoms with van der Waals surface area (Å²) in [5, 5.41) is 2.82. The van der Waals surface area contributed by atoms with Crippen LogP contribution in [0.15, 0.2) is 60.9 Å². The highest BCUT2D eigenvalue weighted by Gasteiger charge is 2.36. The Balaban J connectivity index is 1.37. The van der Waals surface area contributed by atoms with E-state index in [2.05, 4.69) is 10.3 Å². The average Bonchev–Trinajstić information content (AvgIpc) is 2.78. The average molecular weight is 419 g/mol. The molecule has 2 heterocycles. The second-order valence-corrected chi connectivity index (χ2v) is 7.47. The maximum atomic E-state index is 12.5. The number of piperidine rings is 1. The van der Waals surface area contributed by atoms with Crippen LogP contribution in [0.5, 0.6) is 0 Å². The molecule has 3 rings (SSSR count). The summed E-state index contributed by atoms with van der Waals surface area (Å²) in [6, 6.07) is 12.0. The monoisotopic (exact) mass is 419 g/mol. The van der Waals surface area contributed by atoms with Gasteiger partial charge in [-0.2, -0.15) is 0 Å². The summed E-state index contributed by atoms with van der Waals surface area (Å²) in [5.41, 5.74) is 1.18. The third kappa shape index (κ3) is 6.44. The van der Waals surface area contributed by atoms with Gasteiger partial charge in [0.1, 0.15) is 0 Å². The highest BCUT2D eigenvalue weighted by molar-refractivity contribution is 6.17. The van der Waals surface area contributed by atoms with Crippen LogP contribution in [-0.2, 0) is 14.4 Å². The first-order valence-corrected chi connectivity index (χ1v) is 10.4. The van der Waals surface area contributed by atoms with Crippen molar-refractivity contribution >= 4 is 29.7 Å². The van der Waals surface area contributed by atoms with Gasteiger partial charge in [0.2, 0.25) is 17.7 Å². The summed E-state index contributed by atoms with van der Waals surface area (Å²) in [7, 11) is 0. The van der Waals surface area contributed by atoms with Gasteiger partial charge in [0.25, 0.3) is 5.91 Å². The van der Waals surface area contributed by atoms with E-state index in [9.17, 15) is 19.2 Å². The molecule has 31 heavy (non-hydrogen) atoms. The van der Waals surface area contributed by atoms with Crippen molar-refractivity contribution in [3.05, 3.63) is 72.1 Å². The molecule has 0 radical (unpaired) electrons. The molecule has 1 fully saturated rings. The van der Waals surface area contributed by atoms with Crippen molar-refractivity contribution in [3.63, 3.8) is 0 Å². The number of benzene rings is 1. The summed E-state index contributed by atoms with van der Waals surface area (Å²) in [5.74, 6) is -1.69. The van der Waals surface area contributed by atoms with Crippen molar-refractivity contribution < 1.29 is 19.2 Å². The summed E-state index contributed by atoms with van der Waals surface area (Å²) in [6.45, 7) is 0.517. The van der Waals surface area contributed by atoms with E-state index in [0.717, 1.165) is 23.3 Å². The van der Waals surface area contributed by atoms with Crippen molar-refractivity contribution in [2.24, 2.45) is 5.92 Å². The zero-order valence-corrected chi connectivity index (χ0v) is 17.2.